The molecule has 0 saturated carbocycles. The minimum Gasteiger partial charge on any atom is -0.493 e. The first-order valence-electron chi connectivity index (χ1n) is 12.0. The van der Waals surface area contributed by atoms with Crippen molar-refractivity contribution < 1.29 is 38.0 Å². The Labute approximate surface area is 216 Å². The van der Waals surface area contributed by atoms with E-state index in [0.717, 1.165) is 40.1 Å². The monoisotopic (exact) mass is 511 g/mol. The zero-order valence-corrected chi connectivity index (χ0v) is 22.5. The highest BCUT2D eigenvalue weighted by Gasteiger charge is 2.34. The smallest absolute Gasteiger partial charge is 0.493 e. The summed E-state index contributed by atoms with van der Waals surface area (Å²) in [6, 6.07) is 7.65. The lowest BCUT2D eigenvalue weighted by Gasteiger charge is -2.28. The average Bonchev–Trinajstić information content (AvgIpc) is 3.19. The van der Waals surface area contributed by atoms with Gasteiger partial charge >= 0.3 is 6.16 Å². The first-order valence-corrected chi connectivity index (χ1v) is 12.0. The van der Waals surface area contributed by atoms with Gasteiger partial charge in [-0.15, -0.1) is 0 Å². The van der Waals surface area contributed by atoms with Gasteiger partial charge in [-0.1, -0.05) is 0 Å². The Morgan fingerprint density at radius 2 is 1.46 bits per heavy atom. The van der Waals surface area contributed by atoms with Gasteiger partial charge in [0, 0.05) is 22.9 Å². The molecule has 1 aliphatic rings. The summed E-state index contributed by atoms with van der Waals surface area (Å²) < 4.78 is 41.1. The summed E-state index contributed by atoms with van der Waals surface area (Å²) in [4.78, 5) is 12.7. The lowest BCUT2D eigenvalue weighted by Crippen LogP contribution is -2.18. The second-order valence-electron chi connectivity index (χ2n) is 8.62. The summed E-state index contributed by atoms with van der Waals surface area (Å²) in [6.07, 6.45) is -0.0315. The molecule has 2 heterocycles. The van der Waals surface area contributed by atoms with E-state index in [4.69, 9.17) is 33.2 Å². The third kappa shape index (κ3) is 4.39. The second kappa shape index (κ2) is 10.5. The van der Waals surface area contributed by atoms with Crippen LogP contribution >= 0.6 is 0 Å². The van der Waals surface area contributed by atoms with Crippen molar-refractivity contribution in [2.45, 2.75) is 33.2 Å². The van der Waals surface area contributed by atoms with E-state index in [1.165, 1.54) is 0 Å². The molecule has 0 N–H and O–H groups in total. The minimum atomic E-state index is -0.787. The van der Waals surface area contributed by atoms with Crippen LogP contribution in [0.2, 0.25) is 0 Å². The quantitative estimate of drug-likeness (QED) is 0.350. The predicted molar refractivity (Wildman–Crippen MR) is 139 cm³/mol. The van der Waals surface area contributed by atoms with Gasteiger partial charge in [-0.05, 0) is 62.6 Å². The molecular formula is C28H33NO8. The average molecular weight is 512 g/mol. The maximum Gasteiger partial charge on any atom is 0.513 e. The maximum atomic E-state index is 12.7. The Bertz CT molecular complexity index is 1300. The number of hydrogen-bond donors (Lipinski definition) is 0. The lowest BCUT2D eigenvalue weighted by molar-refractivity contribution is 0.104. The van der Waals surface area contributed by atoms with Crippen LogP contribution in [0.25, 0.3) is 22.4 Å². The van der Waals surface area contributed by atoms with Crippen LogP contribution in [0.4, 0.5) is 4.79 Å². The number of hydrogen-bond acceptors (Lipinski definition) is 8. The third-order valence-corrected chi connectivity index (χ3v) is 6.63. The van der Waals surface area contributed by atoms with Crippen molar-refractivity contribution in [3.8, 4) is 56.9 Å². The van der Waals surface area contributed by atoms with Crippen molar-refractivity contribution in [3.05, 3.63) is 35.5 Å². The van der Waals surface area contributed by atoms with E-state index < -0.39 is 6.16 Å². The van der Waals surface area contributed by atoms with Gasteiger partial charge in [0.1, 0.15) is 0 Å². The summed E-state index contributed by atoms with van der Waals surface area (Å²) in [5.41, 5.74) is 5.07. The van der Waals surface area contributed by atoms with Gasteiger partial charge in [0.25, 0.3) is 0 Å². The Kier molecular flexibility index (Phi) is 7.42. The van der Waals surface area contributed by atoms with Gasteiger partial charge in [-0.2, -0.15) is 0 Å². The largest absolute Gasteiger partial charge is 0.513 e. The van der Waals surface area contributed by atoms with E-state index in [-0.39, 0.29) is 12.6 Å². The Balaban J connectivity index is 2.07. The second-order valence-corrected chi connectivity index (χ2v) is 8.62. The van der Waals surface area contributed by atoms with Crippen LogP contribution in [0.5, 0.6) is 34.5 Å². The molecule has 2 aromatic carbocycles. The highest BCUT2D eigenvalue weighted by Crippen LogP contribution is 2.53. The number of carbonyl (C=O) groups is 1. The van der Waals surface area contributed by atoms with Crippen molar-refractivity contribution in [2.24, 2.45) is 0 Å². The summed E-state index contributed by atoms with van der Waals surface area (Å²) in [5.74, 6) is 3.05. The van der Waals surface area contributed by atoms with Crippen molar-refractivity contribution in [1.29, 1.82) is 0 Å². The zero-order chi connectivity index (χ0) is 26.9. The van der Waals surface area contributed by atoms with E-state index >= 15 is 0 Å². The molecule has 3 aromatic rings. The molecule has 9 heteroatoms. The molecule has 0 saturated heterocycles. The normalized spacial score (nSPS) is 13.8. The number of carbonyl (C=O) groups excluding carboxylic acids is 1. The molecule has 198 valence electrons. The van der Waals surface area contributed by atoms with Gasteiger partial charge < -0.3 is 37.7 Å². The van der Waals surface area contributed by atoms with Crippen LogP contribution in [0.3, 0.4) is 0 Å². The van der Waals surface area contributed by atoms with Crippen molar-refractivity contribution >= 4 is 6.16 Å². The minimum absolute atomic E-state index is 0.0703. The van der Waals surface area contributed by atoms with Crippen LogP contribution in [-0.4, -0.2) is 52.9 Å². The fourth-order valence-corrected chi connectivity index (χ4v) is 5.10. The van der Waals surface area contributed by atoms with E-state index in [1.807, 2.05) is 31.2 Å². The van der Waals surface area contributed by atoms with E-state index in [1.54, 1.807) is 42.5 Å². The first-order chi connectivity index (χ1) is 17.8. The molecule has 9 nitrogen and oxygen atoms in total. The molecule has 4 rings (SSSR count). The molecular weight excluding hydrogens is 478 g/mol. The maximum absolute atomic E-state index is 12.7. The molecule has 0 fully saturated rings. The first kappa shape index (κ1) is 26.1. The zero-order valence-electron chi connectivity index (χ0n) is 22.5. The Hall–Kier alpha value is -4.01. The SMILES string of the molecule is CCOC(=O)Oc1c(-c2cc(OC)c(OC)c(OC)c2)c(C)n2c1-c1cc(OC)c(OC)cc1CC2C. The number of fused-ring (bicyclic) bond motifs is 3. The van der Waals surface area contributed by atoms with Crippen molar-refractivity contribution in [2.75, 3.05) is 42.2 Å². The molecule has 1 unspecified atom stereocenters. The molecule has 1 aromatic heterocycles. The summed E-state index contributed by atoms with van der Waals surface area (Å²) in [7, 11) is 7.88. The number of ether oxygens (including phenoxy) is 7. The summed E-state index contributed by atoms with van der Waals surface area (Å²) in [6.45, 7) is 6.05. The van der Waals surface area contributed by atoms with Crippen LogP contribution in [0.1, 0.15) is 31.1 Å². The Morgan fingerprint density at radius 3 is 2.00 bits per heavy atom. The van der Waals surface area contributed by atoms with E-state index in [0.29, 0.717) is 34.5 Å². The van der Waals surface area contributed by atoms with Crippen LogP contribution < -0.4 is 28.4 Å². The molecule has 1 aliphatic heterocycles. The molecule has 1 atom stereocenters. The molecule has 0 bridgehead atoms. The van der Waals surface area contributed by atoms with Crippen LogP contribution in [0.15, 0.2) is 24.3 Å². The summed E-state index contributed by atoms with van der Waals surface area (Å²) >= 11 is 0. The molecule has 0 aliphatic carbocycles. The van der Waals surface area contributed by atoms with E-state index in [9.17, 15) is 4.79 Å². The summed E-state index contributed by atoms with van der Waals surface area (Å²) in [5, 5.41) is 0. The predicted octanol–water partition coefficient (Wildman–Crippen LogP) is 5.83. The highest BCUT2D eigenvalue weighted by molar-refractivity contribution is 5.90. The standard InChI is InChI=1S/C28H33NO8/c1-9-36-28(30)37-27-24(18-12-22(33-6)26(35-8)23(13-18)34-7)16(3)29-15(2)10-17-11-20(31-4)21(32-5)14-19(17)25(27)29/h11-15H,9-10H2,1-8H3. The molecule has 0 radical (unpaired) electrons. The van der Waals surface area contributed by atoms with Crippen molar-refractivity contribution in [3.63, 3.8) is 0 Å². The Morgan fingerprint density at radius 1 is 0.865 bits per heavy atom. The third-order valence-electron chi connectivity index (χ3n) is 6.63. The molecule has 0 spiro atoms. The van der Waals surface area contributed by atoms with Gasteiger partial charge in [0.05, 0.1) is 47.8 Å². The van der Waals surface area contributed by atoms with Crippen LogP contribution in [-0.2, 0) is 11.2 Å². The van der Waals surface area contributed by atoms with Gasteiger partial charge in [0.15, 0.2) is 28.7 Å². The number of methoxy groups -OCH3 is 5. The number of nitrogens with zero attached hydrogens (tertiary/aromatic N) is 1. The topological polar surface area (TPSA) is 86.6 Å². The van der Waals surface area contributed by atoms with E-state index in [2.05, 4.69) is 11.5 Å². The van der Waals surface area contributed by atoms with Crippen molar-refractivity contribution in [1.82, 2.24) is 4.57 Å². The molecule has 37 heavy (non-hydrogen) atoms. The van der Waals surface area contributed by atoms with Crippen LogP contribution in [0, 0.1) is 6.92 Å². The lowest BCUT2D eigenvalue weighted by atomic mass is 9.93. The fraction of sp³-hybridized carbons (Fsp3) is 0.393. The fourth-order valence-electron chi connectivity index (χ4n) is 5.10. The number of aromatic nitrogens is 1. The number of rotatable bonds is 8. The van der Waals surface area contributed by atoms with Gasteiger partial charge in [-0.3, -0.25) is 0 Å². The number of benzene rings is 2. The van der Waals surface area contributed by atoms with Gasteiger partial charge in [0.2, 0.25) is 5.75 Å². The molecule has 0 amide bonds. The highest BCUT2D eigenvalue weighted by atomic mass is 16.7. The van der Waals surface area contributed by atoms with Gasteiger partial charge in [-0.25, -0.2) is 4.79 Å².